The number of nitrogens with one attached hydrogen (secondary N) is 1. The lowest BCUT2D eigenvalue weighted by Crippen LogP contribution is -2.39. The summed E-state index contributed by atoms with van der Waals surface area (Å²) in [6.07, 6.45) is 1.67. The number of benzene rings is 2. The van der Waals surface area contributed by atoms with Crippen molar-refractivity contribution in [2.75, 3.05) is 32.1 Å². The van der Waals surface area contributed by atoms with E-state index in [-0.39, 0.29) is 18.4 Å². The van der Waals surface area contributed by atoms with Crippen molar-refractivity contribution in [1.29, 1.82) is 0 Å². The summed E-state index contributed by atoms with van der Waals surface area (Å²) in [6, 6.07) is 14.8. The number of aryl methyl sites for hydroxylation is 1. The zero-order valence-corrected chi connectivity index (χ0v) is 18.2. The highest BCUT2D eigenvalue weighted by Crippen LogP contribution is 2.28. The molecule has 0 unspecified atom stereocenters. The molecule has 32 heavy (non-hydrogen) atoms. The van der Waals surface area contributed by atoms with Crippen LogP contribution in [0.15, 0.2) is 53.1 Å². The van der Waals surface area contributed by atoms with Gasteiger partial charge in [0.05, 0.1) is 24.9 Å². The Morgan fingerprint density at radius 1 is 1.16 bits per heavy atom. The highest BCUT2D eigenvalue weighted by atomic mass is 16.5. The van der Waals surface area contributed by atoms with Crippen LogP contribution in [0.3, 0.4) is 0 Å². The first-order valence-electron chi connectivity index (χ1n) is 10.6. The zero-order valence-electron chi connectivity index (χ0n) is 18.2. The van der Waals surface area contributed by atoms with Crippen LogP contribution in [0.2, 0.25) is 0 Å². The van der Waals surface area contributed by atoms with Crippen molar-refractivity contribution in [2.24, 2.45) is 0 Å². The summed E-state index contributed by atoms with van der Waals surface area (Å²) in [5.41, 5.74) is 2.88. The average molecular weight is 434 g/mol. The minimum Gasteiger partial charge on any atom is -0.465 e. The summed E-state index contributed by atoms with van der Waals surface area (Å²) >= 11 is 0. The molecule has 0 aliphatic carbocycles. The SMILES string of the molecule is COC(=O)c1ccccc1NC(=O)CN1CCC(c2nc(-c3cccc(C)c3)no2)CC1. The van der Waals surface area contributed by atoms with Gasteiger partial charge in [0.1, 0.15) is 0 Å². The Morgan fingerprint density at radius 2 is 1.94 bits per heavy atom. The fourth-order valence-corrected chi connectivity index (χ4v) is 3.91. The molecule has 166 valence electrons. The number of aromatic nitrogens is 2. The van der Waals surface area contributed by atoms with Gasteiger partial charge in [-0.15, -0.1) is 0 Å². The van der Waals surface area contributed by atoms with Crippen molar-refractivity contribution < 1.29 is 18.8 Å². The number of rotatable bonds is 6. The number of para-hydroxylation sites is 1. The van der Waals surface area contributed by atoms with Gasteiger partial charge < -0.3 is 14.6 Å². The van der Waals surface area contributed by atoms with Gasteiger partial charge in [-0.05, 0) is 51.1 Å². The van der Waals surface area contributed by atoms with E-state index in [0.29, 0.717) is 23.0 Å². The standard InChI is InChI=1S/C24H26N4O4/c1-16-6-5-7-18(14-16)22-26-23(32-27-22)17-10-12-28(13-11-17)15-21(29)25-20-9-4-3-8-19(20)24(30)31-2/h3-9,14,17H,10-13,15H2,1-2H3,(H,25,29). The normalized spacial score (nSPS) is 14.8. The Hall–Kier alpha value is -3.52. The topological polar surface area (TPSA) is 97.6 Å². The van der Waals surface area contributed by atoms with Gasteiger partial charge >= 0.3 is 5.97 Å². The van der Waals surface area contributed by atoms with E-state index < -0.39 is 5.97 Å². The minimum atomic E-state index is -0.480. The number of piperidine rings is 1. The molecule has 2 aromatic carbocycles. The molecule has 4 rings (SSSR count). The second kappa shape index (κ2) is 9.74. The van der Waals surface area contributed by atoms with Crippen LogP contribution >= 0.6 is 0 Å². The number of hydrogen-bond donors (Lipinski definition) is 1. The number of carbonyl (C=O) groups is 2. The van der Waals surface area contributed by atoms with E-state index in [0.717, 1.165) is 37.1 Å². The summed E-state index contributed by atoms with van der Waals surface area (Å²) in [4.78, 5) is 31.1. The Kier molecular flexibility index (Phi) is 6.61. The van der Waals surface area contributed by atoms with Crippen molar-refractivity contribution in [2.45, 2.75) is 25.7 Å². The van der Waals surface area contributed by atoms with Gasteiger partial charge in [0.2, 0.25) is 17.6 Å². The number of hydrogen-bond acceptors (Lipinski definition) is 7. The Labute approximate surface area is 186 Å². The maximum atomic E-state index is 12.5. The molecule has 0 atom stereocenters. The second-order valence-electron chi connectivity index (χ2n) is 7.96. The summed E-state index contributed by atoms with van der Waals surface area (Å²) in [6.45, 7) is 3.78. The van der Waals surface area contributed by atoms with Gasteiger partial charge in [0, 0.05) is 11.5 Å². The Morgan fingerprint density at radius 3 is 2.69 bits per heavy atom. The molecule has 1 saturated heterocycles. The first-order valence-corrected chi connectivity index (χ1v) is 10.6. The minimum absolute atomic E-state index is 0.167. The largest absolute Gasteiger partial charge is 0.465 e. The van der Waals surface area contributed by atoms with E-state index in [1.807, 2.05) is 31.2 Å². The first-order chi connectivity index (χ1) is 15.5. The lowest BCUT2D eigenvalue weighted by molar-refractivity contribution is -0.117. The van der Waals surface area contributed by atoms with Crippen LogP contribution in [0.5, 0.6) is 0 Å². The van der Waals surface area contributed by atoms with Crippen LogP contribution in [0.1, 0.15) is 40.6 Å². The molecule has 0 spiro atoms. The molecule has 1 aromatic heterocycles. The third-order valence-electron chi connectivity index (χ3n) is 5.63. The molecule has 1 aliphatic rings. The highest BCUT2D eigenvalue weighted by molar-refractivity contribution is 6.01. The van der Waals surface area contributed by atoms with Gasteiger partial charge in [-0.2, -0.15) is 4.98 Å². The molecule has 0 saturated carbocycles. The van der Waals surface area contributed by atoms with Crippen molar-refractivity contribution >= 4 is 17.6 Å². The van der Waals surface area contributed by atoms with E-state index in [1.54, 1.807) is 24.3 Å². The number of methoxy groups -OCH3 is 1. The molecule has 8 heteroatoms. The fourth-order valence-electron chi connectivity index (χ4n) is 3.91. The van der Waals surface area contributed by atoms with Crippen LogP contribution in [-0.2, 0) is 9.53 Å². The predicted molar refractivity (Wildman–Crippen MR) is 119 cm³/mol. The molecule has 1 N–H and O–H groups in total. The summed E-state index contributed by atoms with van der Waals surface area (Å²) in [7, 11) is 1.32. The molecule has 2 heterocycles. The number of anilines is 1. The average Bonchev–Trinajstić information content (AvgIpc) is 3.30. The second-order valence-corrected chi connectivity index (χ2v) is 7.96. The van der Waals surface area contributed by atoms with E-state index >= 15 is 0 Å². The number of ether oxygens (including phenoxy) is 1. The molecular weight excluding hydrogens is 408 g/mol. The van der Waals surface area contributed by atoms with E-state index in [1.165, 1.54) is 7.11 Å². The molecule has 0 radical (unpaired) electrons. The van der Waals surface area contributed by atoms with Crippen molar-refractivity contribution in [1.82, 2.24) is 15.0 Å². The van der Waals surface area contributed by atoms with Gasteiger partial charge in [-0.25, -0.2) is 4.79 Å². The maximum Gasteiger partial charge on any atom is 0.339 e. The van der Waals surface area contributed by atoms with Crippen molar-refractivity contribution in [3.63, 3.8) is 0 Å². The van der Waals surface area contributed by atoms with Crippen LogP contribution in [-0.4, -0.2) is 53.7 Å². The third-order valence-corrected chi connectivity index (χ3v) is 5.63. The number of esters is 1. The van der Waals surface area contributed by atoms with Gasteiger partial charge in [-0.3, -0.25) is 9.69 Å². The van der Waals surface area contributed by atoms with Gasteiger partial charge in [-0.1, -0.05) is 41.1 Å². The van der Waals surface area contributed by atoms with E-state index in [4.69, 9.17) is 9.26 Å². The number of amides is 1. The molecular formula is C24H26N4O4. The van der Waals surface area contributed by atoms with Gasteiger partial charge in [0.25, 0.3) is 0 Å². The molecule has 0 bridgehead atoms. The number of likely N-dealkylation sites (tertiary alicyclic amines) is 1. The Bertz CT molecular complexity index is 1100. The van der Waals surface area contributed by atoms with Crippen LogP contribution in [0.4, 0.5) is 5.69 Å². The molecule has 8 nitrogen and oxygen atoms in total. The molecule has 1 amide bonds. The Balaban J connectivity index is 1.31. The third kappa shape index (κ3) is 5.03. The number of nitrogens with zero attached hydrogens (tertiary/aromatic N) is 3. The lowest BCUT2D eigenvalue weighted by atomic mass is 9.97. The van der Waals surface area contributed by atoms with Crippen LogP contribution in [0.25, 0.3) is 11.4 Å². The maximum absolute atomic E-state index is 12.5. The quantitative estimate of drug-likeness (QED) is 0.592. The van der Waals surface area contributed by atoms with Crippen LogP contribution < -0.4 is 5.32 Å². The monoisotopic (exact) mass is 434 g/mol. The molecule has 3 aromatic rings. The van der Waals surface area contributed by atoms with Crippen molar-refractivity contribution in [3.05, 3.63) is 65.5 Å². The molecule has 1 fully saturated rings. The smallest absolute Gasteiger partial charge is 0.339 e. The molecule has 1 aliphatic heterocycles. The lowest BCUT2D eigenvalue weighted by Gasteiger charge is -2.29. The highest BCUT2D eigenvalue weighted by Gasteiger charge is 2.26. The van der Waals surface area contributed by atoms with E-state index in [9.17, 15) is 9.59 Å². The first kappa shape index (κ1) is 21.7. The predicted octanol–water partition coefficient (Wildman–Crippen LogP) is 3.65. The summed E-state index contributed by atoms with van der Waals surface area (Å²) in [5, 5.41) is 6.96. The van der Waals surface area contributed by atoms with Crippen molar-refractivity contribution in [3.8, 4) is 11.4 Å². The van der Waals surface area contributed by atoms with E-state index in [2.05, 4.69) is 20.4 Å². The fraction of sp³-hybridized carbons (Fsp3) is 0.333. The zero-order chi connectivity index (χ0) is 22.5. The summed E-state index contributed by atoms with van der Waals surface area (Å²) in [5.74, 6) is 0.790. The number of carbonyl (C=O) groups excluding carboxylic acids is 2. The van der Waals surface area contributed by atoms with Gasteiger partial charge in [0.15, 0.2) is 0 Å². The van der Waals surface area contributed by atoms with Crippen LogP contribution in [0, 0.1) is 6.92 Å². The summed E-state index contributed by atoms with van der Waals surface area (Å²) < 4.78 is 10.3.